The first-order chi connectivity index (χ1) is 7.66. The van der Waals surface area contributed by atoms with Gasteiger partial charge in [-0.1, -0.05) is 24.3 Å². The number of rotatable bonds is 1. The van der Waals surface area contributed by atoms with Crippen LogP contribution in [0.5, 0.6) is 0 Å². The largest absolute Gasteiger partial charge is 0.372 e. The molecule has 2 aliphatic rings. The summed E-state index contributed by atoms with van der Waals surface area (Å²) in [4.78, 5) is 0. The molecule has 0 unspecified atom stereocenters. The van der Waals surface area contributed by atoms with Crippen molar-refractivity contribution >= 4 is 0 Å². The molecule has 16 heavy (non-hydrogen) atoms. The fraction of sp³-hybridized carbons (Fsp3) is 0.600. The lowest BCUT2D eigenvalue weighted by atomic mass is 9.93. The molecule has 0 aromatic heterocycles. The minimum Gasteiger partial charge on any atom is -0.372 e. The first-order valence-corrected chi connectivity index (χ1v) is 6.41. The molecule has 0 radical (unpaired) electrons. The van der Waals surface area contributed by atoms with Crippen molar-refractivity contribution in [1.82, 2.24) is 0 Å². The molecule has 0 spiro atoms. The molecule has 0 bridgehead atoms. The van der Waals surface area contributed by atoms with Crippen molar-refractivity contribution in [3.05, 3.63) is 35.4 Å². The number of hydrogen-bond donors (Lipinski definition) is 0. The molecule has 1 fully saturated rings. The Morgan fingerprint density at radius 1 is 1.19 bits per heavy atom. The van der Waals surface area contributed by atoms with Crippen molar-refractivity contribution in [3.63, 3.8) is 0 Å². The maximum absolute atomic E-state index is 6.19. The van der Waals surface area contributed by atoms with E-state index >= 15 is 0 Å². The lowest BCUT2D eigenvalue weighted by molar-refractivity contribution is -0.0263. The van der Waals surface area contributed by atoms with E-state index in [9.17, 15) is 0 Å². The van der Waals surface area contributed by atoms with Crippen LogP contribution < -0.4 is 0 Å². The fourth-order valence-corrected chi connectivity index (χ4v) is 3.28. The second-order valence-electron chi connectivity index (χ2n) is 5.80. The second kappa shape index (κ2) is 3.59. The Kier molecular flexibility index (Phi) is 2.32. The van der Waals surface area contributed by atoms with Gasteiger partial charge in [-0.25, -0.2) is 0 Å². The van der Waals surface area contributed by atoms with Gasteiger partial charge in [0.2, 0.25) is 0 Å². The summed E-state index contributed by atoms with van der Waals surface area (Å²) in [7, 11) is 0. The van der Waals surface area contributed by atoms with E-state index in [2.05, 4.69) is 38.1 Å². The van der Waals surface area contributed by atoms with Gasteiger partial charge >= 0.3 is 0 Å². The van der Waals surface area contributed by atoms with E-state index in [1.54, 1.807) is 11.1 Å². The van der Waals surface area contributed by atoms with Crippen LogP contribution in [0.3, 0.4) is 0 Å². The van der Waals surface area contributed by atoms with Gasteiger partial charge in [0.1, 0.15) is 0 Å². The van der Waals surface area contributed by atoms with Crippen molar-refractivity contribution in [2.45, 2.75) is 57.2 Å². The highest BCUT2D eigenvalue weighted by molar-refractivity contribution is 5.35. The van der Waals surface area contributed by atoms with Crippen molar-refractivity contribution in [3.8, 4) is 0 Å². The molecular formula is C15H20O. The summed E-state index contributed by atoms with van der Waals surface area (Å²) in [6, 6.07) is 8.88. The van der Waals surface area contributed by atoms with E-state index in [4.69, 9.17) is 4.74 Å². The predicted octanol–water partition coefficient (Wildman–Crippen LogP) is 3.67. The van der Waals surface area contributed by atoms with E-state index < -0.39 is 0 Å². The Morgan fingerprint density at radius 3 is 2.75 bits per heavy atom. The van der Waals surface area contributed by atoms with Gasteiger partial charge in [-0.05, 0) is 50.7 Å². The molecule has 1 aliphatic carbocycles. The van der Waals surface area contributed by atoms with E-state index in [1.165, 1.54) is 25.7 Å². The third kappa shape index (κ3) is 1.67. The van der Waals surface area contributed by atoms with Gasteiger partial charge in [0.05, 0.1) is 11.7 Å². The highest BCUT2D eigenvalue weighted by Gasteiger charge is 2.39. The zero-order valence-electron chi connectivity index (χ0n) is 10.2. The monoisotopic (exact) mass is 216 g/mol. The summed E-state index contributed by atoms with van der Waals surface area (Å²) in [5.74, 6) is 0.651. The van der Waals surface area contributed by atoms with Crippen LogP contribution in [0.25, 0.3) is 0 Å². The minimum absolute atomic E-state index is 0.0994. The van der Waals surface area contributed by atoms with Crippen molar-refractivity contribution < 1.29 is 4.74 Å². The standard InChI is InChI=1S/C15H20O/c1-15(2)10-9-14(16-15)13-8-7-11-5-3-4-6-12(11)13/h3-6,13-14H,7-10H2,1-2H3/t13-,14-/m0/s1. The average Bonchev–Trinajstić information content (AvgIpc) is 2.81. The van der Waals surface area contributed by atoms with Crippen LogP contribution in [-0.2, 0) is 11.2 Å². The van der Waals surface area contributed by atoms with Crippen molar-refractivity contribution in [2.75, 3.05) is 0 Å². The summed E-state index contributed by atoms with van der Waals surface area (Å²) in [5.41, 5.74) is 3.19. The summed E-state index contributed by atoms with van der Waals surface area (Å²) in [6.45, 7) is 4.43. The van der Waals surface area contributed by atoms with Gasteiger partial charge < -0.3 is 4.74 Å². The van der Waals surface area contributed by atoms with Crippen LogP contribution >= 0.6 is 0 Å². The lowest BCUT2D eigenvalue weighted by Crippen LogP contribution is -2.23. The third-order valence-electron chi connectivity index (χ3n) is 4.13. The lowest BCUT2D eigenvalue weighted by Gasteiger charge is -2.24. The maximum Gasteiger partial charge on any atom is 0.0652 e. The van der Waals surface area contributed by atoms with Crippen LogP contribution in [0.15, 0.2) is 24.3 Å². The fourth-order valence-electron chi connectivity index (χ4n) is 3.28. The van der Waals surface area contributed by atoms with Crippen LogP contribution in [0, 0.1) is 0 Å². The average molecular weight is 216 g/mol. The molecule has 0 amide bonds. The molecule has 2 atom stereocenters. The summed E-state index contributed by atoms with van der Waals surface area (Å²) >= 11 is 0. The van der Waals surface area contributed by atoms with Gasteiger partial charge in [0.25, 0.3) is 0 Å². The zero-order valence-corrected chi connectivity index (χ0v) is 10.2. The van der Waals surface area contributed by atoms with E-state index in [1.807, 2.05) is 0 Å². The number of benzene rings is 1. The number of ether oxygens (including phenoxy) is 1. The minimum atomic E-state index is 0.0994. The summed E-state index contributed by atoms with van der Waals surface area (Å²) in [5, 5.41) is 0. The molecule has 1 aromatic carbocycles. The quantitative estimate of drug-likeness (QED) is 0.696. The summed E-state index contributed by atoms with van der Waals surface area (Å²) in [6.07, 6.45) is 5.41. The first-order valence-electron chi connectivity index (χ1n) is 6.41. The number of aryl methyl sites for hydroxylation is 1. The molecule has 1 heteroatoms. The molecule has 1 aromatic rings. The molecular weight excluding hydrogens is 196 g/mol. The van der Waals surface area contributed by atoms with E-state index in [-0.39, 0.29) is 5.60 Å². The van der Waals surface area contributed by atoms with Gasteiger partial charge in [0.15, 0.2) is 0 Å². The molecule has 3 rings (SSSR count). The van der Waals surface area contributed by atoms with Crippen LogP contribution in [0.2, 0.25) is 0 Å². The van der Waals surface area contributed by atoms with E-state index in [0.29, 0.717) is 12.0 Å². The van der Waals surface area contributed by atoms with Gasteiger partial charge in [-0.2, -0.15) is 0 Å². The van der Waals surface area contributed by atoms with Crippen molar-refractivity contribution in [2.24, 2.45) is 0 Å². The number of hydrogen-bond acceptors (Lipinski definition) is 1. The normalized spacial score (nSPS) is 31.6. The first kappa shape index (κ1) is 10.3. The molecule has 1 saturated heterocycles. The van der Waals surface area contributed by atoms with Gasteiger partial charge in [-0.3, -0.25) is 0 Å². The Labute approximate surface area is 97.8 Å². The van der Waals surface area contributed by atoms with Crippen molar-refractivity contribution in [1.29, 1.82) is 0 Å². The highest BCUT2D eigenvalue weighted by Crippen LogP contribution is 2.43. The van der Waals surface area contributed by atoms with Crippen LogP contribution in [0.1, 0.15) is 50.2 Å². The Morgan fingerprint density at radius 2 is 2.00 bits per heavy atom. The van der Waals surface area contributed by atoms with Crippen LogP contribution in [-0.4, -0.2) is 11.7 Å². The topological polar surface area (TPSA) is 9.23 Å². The third-order valence-corrected chi connectivity index (χ3v) is 4.13. The molecule has 1 heterocycles. The second-order valence-corrected chi connectivity index (χ2v) is 5.80. The molecule has 0 saturated carbocycles. The Bertz CT molecular complexity index is 394. The highest BCUT2D eigenvalue weighted by atomic mass is 16.5. The van der Waals surface area contributed by atoms with Gasteiger partial charge in [-0.15, -0.1) is 0 Å². The Balaban J connectivity index is 1.84. The number of fused-ring (bicyclic) bond motifs is 1. The SMILES string of the molecule is CC1(C)CC[C@@H]([C@H]2CCc3ccccc32)O1. The molecule has 1 nitrogen and oxygen atoms in total. The molecule has 1 aliphatic heterocycles. The predicted molar refractivity (Wildman–Crippen MR) is 65.7 cm³/mol. The van der Waals surface area contributed by atoms with Gasteiger partial charge in [0, 0.05) is 5.92 Å². The zero-order chi connectivity index (χ0) is 11.2. The van der Waals surface area contributed by atoms with Crippen LogP contribution in [0.4, 0.5) is 0 Å². The molecule has 0 N–H and O–H groups in total. The smallest absolute Gasteiger partial charge is 0.0652 e. The van der Waals surface area contributed by atoms with E-state index in [0.717, 1.165) is 0 Å². The maximum atomic E-state index is 6.19. The summed E-state index contributed by atoms with van der Waals surface area (Å²) < 4.78 is 6.19. The Hall–Kier alpha value is -0.820. The molecule has 86 valence electrons.